The molecule has 0 amide bonds. The first-order valence-electron chi connectivity index (χ1n) is 15.8. The Morgan fingerprint density at radius 2 is 0.787 bits per heavy atom. The Hall–Kier alpha value is -3.87. The summed E-state index contributed by atoms with van der Waals surface area (Å²) in [6.45, 7) is 18.8. The van der Waals surface area contributed by atoms with E-state index >= 15 is 0 Å². The molecule has 0 radical (unpaired) electrons. The molecule has 0 aromatic carbocycles. The monoisotopic (exact) mass is 642 g/mol. The van der Waals surface area contributed by atoms with Gasteiger partial charge in [-0.1, -0.05) is 143 Å². The van der Waals surface area contributed by atoms with Gasteiger partial charge in [-0.05, 0) is 81.4 Å². The number of methoxy groups -OCH3 is 2. The molecule has 0 spiro atoms. The molecule has 0 saturated heterocycles. The fraction of sp³-hybridized carbons (Fsp3) is 0.357. The van der Waals surface area contributed by atoms with Gasteiger partial charge >= 0.3 is 0 Å². The zero-order valence-corrected chi connectivity index (χ0v) is 30.7. The van der Waals surface area contributed by atoms with Crippen LogP contribution >= 0.6 is 0 Å². The van der Waals surface area contributed by atoms with Crippen LogP contribution in [0.15, 0.2) is 155 Å². The molecule has 5 heteroatoms. The van der Waals surface area contributed by atoms with Crippen LogP contribution in [0.2, 0.25) is 0 Å². The van der Waals surface area contributed by atoms with Crippen LogP contribution in [0.5, 0.6) is 0 Å². The fourth-order valence-corrected chi connectivity index (χ4v) is 3.26. The molecule has 0 saturated carbocycles. The molecule has 0 aliphatic rings. The van der Waals surface area contributed by atoms with Crippen molar-refractivity contribution in [1.82, 2.24) is 0 Å². The Bertz CT molecular complexity index is 1420. The van der Waals surface area contributed by atoms with E-state index in [1.54, 1.807) is 45.9 Å². The van der Waals surface area contributed by atoms with E-state index in [-0.39, 0.29) is 5.78 Å². The van der Waals surface area contributed by atoms with Gasteiger partial charge in [0.25, 0.3) is 0 Å². The molecule has 0 heterocycles. The maximum Gasteiger partial charge on any atom is 0.212 e. The van der Waals surface area contributed by atoms with Gasteiger partial charge < -0.3 is 19.7 Å². The highest BCUT2D eigenvalue weighted by molar-refractivity contribution is 5.96. The number of carbonyl (C=O) groups is 1. The Morgan fingerprint density at radius 1 is 0.468 bits per heavy atom. The van der Waals surface area contributed by atoms with Crippen molar-refractivity contribution in [2.45, 2.75) is 86.2 Å². The first kappa shape index (κ1) is 43.1. The largest absolute Gasteiger partial charge is 0.373 e. The number of hydrogen-bond donors (Lipinski definition) is 2. The first-order chi connectivity index (χ1) is 21.9. The summed E-state index contributed by atoms with van der Waals surface area (Å²) >= 11 is 0. The zero-order valence-electron chi connectivity index (χ0n) is 30.7. The van der Waals surface area contributed by atoms with Crippen LogP contribution in [0.3, 0.4) is 0 Å². The molecule has 0 rings (SSSR count). The predicted octanol–water partition coefficient (Wildman–Crippen LogP) is 9.66. The first-order valence-corrected chi connectivity index (χ1v) is 15.8. The van der Waals surface area contributed by atoms with Gasteiger partial charge in [0, 0.05) is 14.2 Å². The normalized spacial score (nSPS) is 16.3. The zero-order chi connectivity index (χ0) is 36.1. The van der Waals surface area contributed by atoms with Crippen molar-refractivity contribution in [3.05, 3.63) is 155 Å². The second kappa shape index (κ2) is 21.8. The third-order valence-corrected chi connectivity index (χ3v) is 7.28. The second-order valence-corrected chi connectivity index (χ2v) is 12.5. The quantitative estimate of drug-likeness (QED) is 0.0885. The van der Waals surface area contributed by atoms with Crippen molar-refractivity contribution in [2.75, 3.05) is 14.2 Å². The van der Waals surface area contributed by atoms with E-state index < -0.39 is 17.0 Å². The molecule has 0 aliphatic heterocycles. The molecule has 0 aromatic heterocycles. The summed E-state index contributed by atoms with van der Waals surface area (Å²) in [6.07, 6.45) is 38.5. The second-order valence-electron chi connectivity index (χ2n) is 12.5. The SMILES string of the molecule is COC(C)(C)C(=O)/C=C/C(C)=C/C=C/C(C)=C/C=C/C(C)=C/C=C/C=C(C)/C=C/C=C(C)/C=C/C=C(C)/C=C/C(O)(O)C(C)(C)OC. The van der Waals surface area contributed by atoms with Crippen LogP contribution < -0.4 is 0 Å². The molecule has 2 N–H and O–H groups in total. The minimum atomic E-state index is -2.08. The number of aliphatic hydroxyl groups is 2. The van der Waals surface area contributed by atoms with E-state index in [2.05, 4.69) is 44.2 Å². The number of ether oxygens (including phenoxy) is 2. The lowest BCUT2D eigenvalue weighted by Gasteiger charge is -2.34. The average molecular weight is 643 g/mol. The number of hydrogen-bond acceptors (Lipinski definition) is 5. The van der Waals surface area contributed by atoms with Crippen LogP contribution in [0, 0.1) is 0 Å². The minimum Gasteiger partial charge on any atom is -0.373 e. The van der Waals surface area contributed by atoms with Crippen LogP contribution in [-0.4, -0.2) is 47.2 Å². The summed E-state index contributed by atoms with van der Waals surface area (Å²) in [7, 11) is 2.98. The molecule has 0 atom stereocenters. The molecule has 47 heavy (non-hydrogen) atoms. The van der Waals surface area contributed by atoms with Crippen molar-refractivity contribution in [3.63, 3.8) is 0 Å². The minimum absolute atomic E-state index is 0.0672. The van der Waals surface area contributed by atoms with Crippen molar-refractivity contribution in [2.24, 2.45) is 0 Å². The maximum absolute atomic E-state index is 12.1. The predicted molar refractivity (Wildman–Crippen MR) is 201 cm³/mol. The van der Waals surface area contributed by atoms with E-state index in [0.29, 0.717) is 0 Å². The third kappa shape index (κ3) is 19.4. The summed E-state index contributed by atoms with van der Waals surface area (Å²) in [5.41, 5.74) is 4.38. The Kier molecular flexibility index (Phi) is 20.0. The third-order valence-electron chi connectivity index (χ3n) is 7.28. The highest BCUT2D eigenvalue weighted by atomic mass is 16.6. The van der Waals surface area contributed by atoms with Gasteiger partial charge in [0.15, 0.2) is 5.78 Å². The summed E-state index contributed by atoms with van der Waals surface area (Å²) in [4.78, 5) is 12.1. The van der Waals surface area contributed by atoms with Crippen molar-refractivity contribution >= 4 is 5.78 Å². The van der Waals surface area contributed by atoms with Crippen LogP contribution in [0.25, 0.3) is 0 Å². The summed E-state index contributed by atoms with van der Waals surface area (Å²) in [5.74, 6) is -2.14. The molecule has 0 fully saturated rings. The van der Waals surface area contributed by atoms with E-state index in [1.165, 1.54) is 20.3 Å². The molecular formula is C42H58O5. The summed E-state index contributed by atoms with van der Waals surface area (Å²) in [6, 6.07) is 0. The van der Waals surface area contributed by atoms with Gasteiger partial charge in [-0.25, -0.2) is 0 Å². The summed E-state index contributed by atoms with van der Waals surface area (Å²) in [5, 5.41) is 20.4. The number of rotatable bonds is 18. The molecule has 0 aliphatic carbocycles. The van der Waals surface area contributed by atoms with E-state index in [0.717, 1.165) is 33.4 Å². The topological polar surface area (TPSA) is 76.0 Å². The van der Waals surface area contributed by atoms with Crippen molar-refractivity contribution in [3.8, 4) is 0 Å². The molecule has 256 valence electrons. The highest BCUT2D eigenvalue weighted by Gasteiger charge is 2.40. The molecular weight excluding hydrogens is 584 g/mol. The highest BCUT2D eigenvalue weighted by Crippen LogP contribution is 2.24. The Labute approximate surface area is 285 Å². The van der Waals surface area contributed by atoms with Crippen molar-refractivity contribution < 1.29 is 24.5 Å². The van der Waals surface area contributed by atoms with Crippen molar-refractivity contribution in [1.29, 1.82) is 0 Å². The maximum atomic E-state index is 12.1. The number of ketones is 1. The number of allylic oxidation sites excluding steroid dienone is 24. The lowest BCUT2D eigenvalue weighted by Crippen LogP contribution is -2.49. The lowest BCUT2D eigenvalue weighted by atomic mass is 9.96. The summed E-state index contributed by atoms with van der Waals surface area (Å²) < 4.78 is 10.4. The number of carbonyl (C=O) groups excluding carboxylic acids is 1. The smallest absolute Gasteiger partial charge is 0.212 e. The van der Waals surface area contributed by atoms with Gasteiger partial charge in [0.1, 0.15) is 11.2 Å². The Balaban J connectivity index is 4.97. The van der Waals surface area contributed by atoms with Crippen LogP contribution in [0.4, 0.5) is 0 Å². The van der Waals surface area contributed by atoms with E-state index in [1.807, 2.05) is 94.5 Å². The van der Waals surface area contributed by atoms with Gasteiger partial charge in [0.05, 0.1) is 0 Å². The average Bonchev–Trinajstić information content (AvgIpc) is 3.00. The molecule has 0 aromatic rings. The van der Waals surface area contributed by atoms with Crippen LogP contribution in [0.1, 0.15) is 69.2 Å². The Morgan fingerprint density at radius 3 is 1.13 bits per heavy atom. The van der Waals surface area contributed by atoms with E-state index in [4.69, 9.17) is 9.47 Å². The fourth-order valence-electron chi connectivity index (χ4n) is 3.26. The van der Waals surface area contributed by atoms with E-state index in [9.17, 15) is 15.0 Å². The standard InChI is InChI=1S/C42H58O5/c1-33(21-15-23-35(3)25-17-27-37(5)29-30-39(43)40(7,8)46-11)19-13-14-20-34(2)22-16-24-36(4)26-18-28-38(6)31-32-42(44,45)41(9,10)47-12/h13-32,44-45H,1-12H3/b14-13+,21-15+,22-16+,25-17+,26-18+,30-29+,32-31+,33-19+,34-20+,35-23+,36-24+,37-27+,38-28+. The van der Waals surface area contributed by atoms with Gasteiger partial charge in [-0.2, -0.15) is 0 Å². The van der Waals surface area contributed by atoms with Gasteiger partial charge in [0.2, 0.25) is 5.79 Å². The van der Waals surface area contributed by atoms with Gasteiger partial charge in [-0.15, -0.1) is 0 Å². The lowest BCUT2D eigenvalue weighted by molar-refractivity contribution is -0.238. The molecule has 5 nitrogen and oxygen atoms in total. The van der Waals surface area contributed by atoms with Gasteiger partial charge in [-0.3, -0.25) is 4.79 Å². The van der Waals surface area contributed by atoms with Crippen LogP contribution in [-0.2, 0) is 14.3 Å². The molecule has 0 unspecified atom stereocenters. The molecule has 0 bridgehead atoms.